The fourth-order valence-electron chi connectivity index (χ4n) is 3.54. The quantitative estimate of drug-likeness (QED) is 0.648. The normalized spacial score (nSPS) is 20.1. The Hall–Kier alpha value is -2.17. The maximum Gasteiger partial charge on any atom is 0.418 e. The van der Waals surface area contributed by atoms with Crippen molar-refractivity contribution < 1.29 is 31.1 Å². The molecule has 2 heterocycles. The van der Waals surface area contributed by atoms with E-state index < -0.39 is 40.7 Å². The third kappa shape index (κ3) is 4.54. The predicted molar refractivity (Wildman–Crippen MR) is 95.3 cm³/mol. The SMILES string of the molecule is CC(C)(CC(=O)N1CCNCC1)C1Nc2cc(C(F)(F)F)cc(C(F)(F)F)c2N1. The molecule has 29 heavy (non-hydrogen) atoms. The van der Waals surface area contributed by atoms with Crippen LogP contribution >= 0.6 is 0 Å². The third-order valence-electron chi connectivity index (χ3n) is 5.22. The van der Waals surface area contributed by atoms with Gasteiger partial charge in [0, 0.05) is 38.0 Å². The minimum atomic E-state index is -4.96. The second-order valence-electron chi connectivity index (χ2n) is 7.96. The van der Waals surface area contributed by atoms with Gasteiger partial charge < -0.3 is 20.9 Å². The molecule has 1 fully saturated rings. The van der Waals surface area contributed by atoms with Gasteiger partial charge in [-0.05, 0) is 12.1 Å². The third-order valence-corrected chi connectivity index (χ3v) is 5.22. The van der Waals surface area contributed by atoms with E-state index in [1.807, 2.05) is 0 Å². The molecule has 1 atom stereocenters. The van der Waals surface area contributed by atoms with Gasteiger partial charge in [-0.2, -0.15) is 26.3 Å². The summed E-state index contributed by atoms with van der Waals surface area (Å²) < 4.78 is 79.3. The van der Waals surface area contributed by atoms with Crippen LogP contribution in [0.5, 0.6) is 0 Å². The lowest BCUT2D eigenvalue weighted by Crippen LogP contribution is -2.49. The number of amides is 1. The molecule has 2 aliphatic rings. The van der Waals surface area contributed by atoms with E-state index in [1.165, 1.54) is 0 Å². The molecular weight excluding hydrogens is 402 g/mol. The molecular formula is C18H22F6N4O. The monoisotopic (exact) mass is 424 g/mol. The molecule has 162 valence electrons. The van der Waals surface area contributed by atoms with Crippen LogP contribution in [-0.2, 0) is 17.1 Å². The lowest BCUT2D eigenvalue weighted by molar-refractivity contribution is -0.142. The van der Waals surface area contributed by atoms with Gasteiger partial charge in [-0.1, -0.05) is 13.8 Å². The lowest BCUT2D eigenvalue weighted by atomic mass is 9.85. The summed E-state index contributed by atoms with van der Waals surface area (Å²) in [6.07, 6.45) is -10.7. The van der Waals surface area contributed by atoms with E-state index in [9.17, 15) is 31.1 Å². The van der Waals surface area contributed by atoms with Crippen LogP contribution in [0.2, 0.25) is 0 Å². The molecule has 1 saturated heterocycles. The summed E-state index contributed by atoms with van der Waals surface area (Å²) in [4.78, 5) is 14.2. The first kappa shape index (κ1) is 21.5. The number of fused-ring (bicyclic) bond motifs is 1. The first-order valence-electron chi connectivity index (χ1n) is 9.13. The van der Waals surface area contributed by atoms with E-state index in [0.29, 0.717) is 32.2 Å². The van der Waals surface area contributed by atoms with Gasteiger partial charge in [0.15, 0.2) is 0 Å². The fourth-order valence-corrected chi connectivity index (χ4v) is 3.54. The Morgan fingerprint density at radius 2 is 1.66 bits per heavy atom. The highest BCUT2D eigenvalue weighted by atomic mass is 19.4. The second kappa shape index (κ2) is 7.26. The Morgan fingerprint density at radius 1 is 1.03 bits per heavy atom. The van der Waals surface area contributed by atoms with Gasteiger partial charge in [-0.3, -0.25) is 4.79 Å². The number of piperazine rings is 1. The van der Waals surface area contributed by atoms with Crippen molar-refractivity contribution in [1.82, 2.24) is 10.2 Å². The average Bonchev–Trinajstić information content (AvgIpc) is 3.04. The minimum Gasteiger partial charge on any atom is -0.363 e. The van der Waals surface area contributed by atoms with Crippen LogP contribution in [0.25, 0.3) is 0 Å². The lowest BCUT2D eigenvalue weighted by Gasteiger charge is -2.35. The van der Waals surface area contributed by atoms with E-state index in [0.717, 1.165) is 0 Å². The van der Waals surface area contributed by atoms with E-state index in [2.05, 4.69) is 16.0 Å². The van der Waals surface area contributed by atoms with Crippen LogP contribution in [0, 0.1) is 5.41 Å². The van der Waals surface area contributed by atoms with Crippen molar-refractivity contribution in [3.8, 4) is 0 Å². The molecule has 3 rings (SSSR count). The zero-order chi connectivity index (χ0) is 21.6. The van der Waals surface area contributed by atoms with Crippen LogP contribution in [-0.4, -0.2) is 43.2 Å². The zero-order valence-electron chi connectivity index (χ0n) is 15.9. The van der Waals surface area contributed by atoms with Crippen LogP contribution in [0.1, 0.15) is 31.4 Å². The number of hydrogen-bond acceptors (Lipinski definition) is 4. The highest BCUT2D eigenvalue weighted by molar-refractivity contribution is 5.81. The minimum absolute atomic E-state index is 0.0269. The number of carbonyl (C=O) groups is 1. The van der Waals surface area contributed by atoms with Crippen molar-refractivity contribution in [2.75, 3.05) is 36.8 Å². The van der Waals surface area contributed by atoms with Crippen molar-refractivity contribution >= 4 is 17.3 Å². The molecule has 0 aliphatic carbocycles. The molecule has 0 bridgehead atoms. The largest absolute Gasteiger partial charge is 0.418 e. The van der Waals surface area contributed by atoms with Crippen molar-refractivity contribution in [2.24, 2.45) is 5.41 Å². The second-order valence-corrected chi connectivity index (χ2v) is 7.96. The summed E-state index contributed by atoms with van der Waals surface area (Å²) in [5.41, 5.74) is -4.34. The van der Waals surface area contributed by atoms with Gasteiger partial charge in [-0.25, -0.2) is 0 Å². The molecule has 1 aromatic rings. The highest BCUT2D eigenvalue weighted by Gasteiger charge is 2.44. The number of benzene rings is 1. The molecule has 1 unspecified atom stereocenters. The van der Waals surface area contributed by atoms with Crippen molar-refractivity contribution in [2.45, 2.75) is 38.8 Å². The Kier molecular flexibility index (Phi) is 5.39. The molecule has 0 aromatic heterocycles. The van der Waals surface area contributed by atoms with E-state index >= 15 is 0 Å². The molecule has 1 aromatic carbocycles. The standard InChI is InChI=1S/C18H22F6N4O/c1-16(2,9-13(29)28-5-3-25-4-6-28)15-26-12-8-10(17(19,20)21)7-11(14(12)27-15)18(22,23)24/h7-8,15,25-27H,3-6,9H2,1-2H3. The average molecular weight is 424 g/mol. The summed E-state index contributed by atoms with van der Waals surface area (Å²) >= 11 is 0. The Morgan fingerprint density at radius 3 is 2.21 bits per heavy atom. The topological polar surface area (TPSA) is 56.4 Å². The number of nitrogens with one attached hydrogen (secondary N) is 3. The number of alkyl halides is 6. The number of nitrogens with zero attached hydrogens (tertiary/aromatic N) is 1. The molecule has 0 saturated carbocycles. The predicted octanol–water partition coefficient (Wildman–Crippen LogP) is 3.74. The number of carbonyl (C=O) groups excluding carboxylic acids is 1. The number of anilines is 2. The first-order chi connectivity index (χ1) is 13.3. The van der Waals surface area contributed by atoms with Crippen molar-refractivity contribution in [3.05, 3.63) is 23.3 Å². The summed E-state index contributed by atoms with van der Waals surface area (Å²) in [5.74, 6) is -0.150. The van der Waals surface area contributed by atoms with E-state index in [4.69, 9.17) is 0 Å². The maximum atomic E-state index is 13.4. The van der Waals surface area contributed by atoms with Gasteiger partial charge in [0.2, 0.25) is 5.91 Å². The van der Waals surface area contributed by atoms with E-state index in [1.54, 1.807) is 18.7 Å². The van der Waals surface area contributed by atoms with Gasteiger partial charge in [0.25, 0.3) is 0 Å². The zero-order valence-corrected chi connectivity index (χ0v) is 15.9. The van der Waals surface area contributed by atoms with Crippen molar-refractivity contribution in [1.29, 1.82) is 0 Å². The van der Waals surface area contributed by atoms with Crippen molar-refractivity contribution in [3.63, 3.8) is 0 Å². The molecule has 3 N–H and O–H groups in total. The van der Waals surface area contributed by atoms with Crippen LogP contribution in [0.4, 0.5) is 37.7 Å². The molecule has 0 radical (unpaired) electrons. The highest BCUT2D eigenvalue weighted by Crippen LogP contribution is 2.47. The molecule has 2 aliphatic heterocycles. The summed E-state index contributed by atoms with van der Waals surface area (Å²) in [7, 11) is 0. The molecule has 1 amide bonds. The van der Waals surface area contributed by atoms with Crippen LogP contribution in [0.15, 0.2) is 12.1 Å². The van der Waals surface area contributed by atoms with Gasteiger partial charge in [-0.15, -0.1) is 0 Å². The summed E-state index contributed by atoms with van der Waals surface area (Å²) in [6.45, 7) is 5.75. The summed E-state index contributed by atoms with van der Waals surface area (Å²) in [6, 6.07) is 0.764. The molecule has 5 nitrogen and oxygen atoms in total. The van der Waals surface area contributed by atoms with Gasteiger partial charge >= 0.3 is 12.4 Å². The van der Waals surface area contributed by atoms with Crippen LogP contribution in [0.3, 0.4) is 0 Å². The number of halogens is 6. The van der Waals surface area contributed by atoms with Crippen LogP contribution < -0.4 is 16.0 Å². The van der Waals surface area contributed by atoms with Gasteiger partial charge in [0.1, 0.15) is 6.17 Å². The van der Waals surface area contributed by atoms with E-state index in [-0.39, 0.29) is 24.1 Å². The van der Waals surface area contributed by atoms with Gasteiger partial charge in [0.05, 0.1) is 22.5 Å². The number of rotatable bonds is 3. The summed E-state index contributed by atoms with van der Waals surface area (Å²) in [5, 5.41) is 8.49. The first-order valence-corrected chi connectivity index (χ1v) is 9.13. The fraction of sp³-hybridized carbons (Fsp3) is 0.611. The Labute approximate surface area is 163 Å². The smallest absolute Gasteiger partial charge is 0.363 e. The number of hydrogen-bond donors (Lipinski definition) is 3. The molecule has 11 heteroatoms. The maximum absolute atomic E-state index is 13.4. The molecule has 0 spiro atoms. The Balaban J connectivity index is 1.84. The Bertz CT molecular complexity index is 784.